The standard InChI is InChI=1S/C17H18N2O2/c1-11-5-3-4-6-14(11)16(20)12-7-8-15-13(9-12)10-19(2)17(21)18-15/h3-9,16,20H,10H2,1-2H3,(H,18,21). The lowest BCUT2D eigenvalue weighted by molar-refractivity contribution is 0.216. The van der Waals surface area contributed by atoms with Crippen molar-refractivity contribution in [2.45, 2.75) is 19.6 Å². The summed E-state index contributed by atoms with van der Waals surface area (Å²) in [6.07, 6.45) is -0.653. The summed E-state index contributed by atoms with van der Waals surface area (Å²) in [6.45, 7) is 2.54. The number of hydrogen-bond donors (Lipinski definition) is 2. The summed E-state index contributed by atoms with van der Waals surface area (Å²) in [5.41, 5.74) is 4.65. The number of urea groups is 1. The summed E-state index contributed by atoms with van der Waals surface area (Å²) < 4.78 is 0. The molecular formula is C17H18N2O2. The highest BCUT2D eigenvalue weighted by atomic mass is 16.3. The molecule has 1 aliphatic rings. The van der Waals surface area contributed by atoms with Crippen LogP contribution in [0.1, 0.15) is 28.4 Å². The van der Waals surface area contributed by atoms with Crippen LogP contribution in [0.3, 0.4) is 0 Å². The molecule has 4 nitrogen and oxygen atoms in total. The van der Waals surface area contributed by atoms with E-state index in [1.807, 2.05) is 49.4 Å². The molecule has 4 heteroatoms. The van der Waals surface area contributed by atoms with Crippen LogP contribution in [0.2, 0.25) is 0 Å². The summed E-state index contributed by atoms with van der Waals surface area (Å²) in [6, 6.07) is 13.4. The van der Waals surface area contributed by atoms with Crippen LogP contribution in [0.15, 0.2) is 42.5 Å². The van der Waals surface area contributed by atoms with Gasteiger partial charge in [0.2, 0.25) is 0 Å². The molecular weight excluding hydrogens is 264 g/mol. The Morgan fingerprint density at radius 1 is 1.24 bits per heavy atom. The Labute approximate surface area is 124 Å². The van der Waals surface area contributed by atoms with Crippen molar-refractivity contribution < 1.29 is 9.90 Å². The minimum atomic E-state index is -0.653. The maximum atomic E-state index is 11.6. The van der Waals surface area contributed by atoms with E-state index in [9.17, 15) is 9.90 Å². The molecule has 0 aromatic heterocycles. The molecule has 0 aliphatic carbocycles. The molecule has 0 radical (unpaired) electrons. The van der Waals surface area contributed by atoms with Gasteiger partial charge in [0.25, 0.3) is 0 Å². The number of fused-ring (bicyclic) bond motifs is 1. The molecule has 108 valence electrons. The molecule has 2 amide bonds. The largest absolute Gasteiger partial charge is 0.384 e. The first-order valence-corrected chi connectivity index (χ1v) is 6.95. The van der Waals surface area contributed by atoms with Crippen molar-refractivity contribution in [2.24, 2.45) is 0 Å². The summed E-state index contributed by atoms with van der Waals surface area (Å²) in [5.74, 6) is 0. The monoisotopic (exact) mass is 282 g/mol. The molecule has 0 saturated carbocycles. The third-order valence-corrected chi connectivity index (χ3v) is 3.92. The molecule has 1 heterocycles. The zero-order chi connectivity index (χ0) is 15.0. The van der Waals surface area contributed by atoms with Gasteiger partial charge in [0.15, 0.2) is 0 Å². The number of aliphatic hydroxyl groups is 1. The third kappa shape index (κ3) is 2.50. The van der Waals surface area contributed by atoms with Crippen LogP contribution in [0.4, 0.5) is 10.5 Å². The third-order valence-electron chi connectivity index (χ3n) is 3.92. The van der Waals surface area contributed by atoms with Gasteiger partial charge in [-0.3, -0.25) is 0 Å². The number of aliphatic hydroxyl groups excluding tert-OH is 1. The number of benzene rings is 2. The van der Waals surface area contributed by atoms with E-state index >= 15 is 0 Å². The normalized spacial score (nSPS) is 15.4. The lowest BCUT2D eigenvalue weighted by Crippen LogP contribution is -2.35. The van der Waals surface area contributed by atoms with Crippen molar-refractivity contribution >= 4 is 11.7 Å². The molecule has 1 unspecified atom stereocenters. The first-order chi connectivity index (χ1) is 10.1. The molecule has 1 aliphatic heterocycles. The van der Waals surface area contributed by atoms with Gasteiger partial charge in [-0.1, -0.05) is 30.3 Å². The molecule has 0 saturated heterocycles. The number of rotatable bonds is 2. The molecule has 3 rings (SSSR count). The van der Waals surface area contributed by atoms with E-state index in [4.69, 9.17) is 0 Å². The highest BCUT2D eigenvalue weighted by Gasteiger charge is 2.21. The highest BCUT2D eigenvalue weighted by Crippen LogP contribution is 2.30. The number of nitrogens with one attached hydrogen (secondary N) is 1. The van der Waals surface area contributed by atoms with Crippen molar-refractivity contribution in [1.82, 2.24) is 4.90 Å². The second kappa shape index (κ2) is 5.22. The Bertz CT molecular complexity index is 697. The Hall–Kier alpha value is -2.33. The predicted molar refractivity (Wildman–Crippen MR) is 82.2 cm³/mol. The molecule has 0 bridgehead atoms. The van der Waals surface area contributed by atoms with Crippen molar-refractivity contribution in [1.29, 1.82) is 0 Å². The van der Waals surface area contributed by atoms with Crippen molar-refractivity contribution in [2.75, 3.05) is 12.4 Å². The van der Waals surface area contributed by atoms with Gasteiger partial charge in [0, 0.05) is 19.3 Å². The summed E-state index contributed by atoms with van der Waals surface area (Å²) in [7, 11) is 1.75. The van der Waals surface area contributed by atoms with Crippen LogP contribution >= 0.6 is 0 Å². The minimum absolute atomic E-state index is 0.102. The number of hydrogen-bond acceptors (Lipinski definition) is 2. The number of amides is 2. The number of carbonyl (C=O) groups excluding carboxylic acids is 1. The first-order valence-electron chi connectivity index (χ1n) is 6.95. The maximum absolute atomic E-state index is 11.6. The molecule has 2 aromatic rings. The average Bonchev–Trinajstić information content (AvgIpc) is 2.48. The van der Waals surface area contributed by atoms with Crippen LogP contribution in [-0.4, -0.2) is 23.1 Å². The molecule has 1 atom stereocenters. The van der Waals surface area contributed by atoms with Gasteiger partial charge in [-0.15, -0.1) is 0 Å². The van der Waals surface area contributed by atoms with E-state index < -0.39 is 6.10 Å². The van der Waals surface area contributed by atoms with Gasteiger partial charge in [-0.05, 0) is 41.3 Å². The Morgan fingerprint density at radius 3 is 2.76 bits per heavy atom. The summed E-state index contributed by atoms with van der Waals surface area (Å²) in [5, 5.41) is 13.4. The zero-order valence-corrected chi connectivity index (χ0v) is 12.1. The smallest absolute Gasteiger partial charge is 0.321 e. The van der Waals surface area contributed by atoms with E-state index in [1.54, 1.807) is 11.9 Å². The topological polar surface area (TPSA) is 52.6 Å². The van der Waals surface area contributed by atoms with Gasteiger partial charge in [-0.25, -0.2) is 4.79 Å². The zero-order valence-electron chi connectivity index (χ0n) is 12.1. The van der Waals surface area contributed by atoms with Crippen LogP contribution in [0.25, 0.3) is 0 Å². The van der Waals surface area contributed by atoms with Gasteiger partial charge >= 0.3 is 6.03 Å². The molecule has 21 heavy (non-hydrogen) atoms. The minimum Gasteiger partial charge on any atom is -0.384 e. The molecule has 2 N–H and O–H groups in total. The van der Waals surface area contributed by atoms with Crippen LogP contribution in [-0.2, 0) is 6.54 Å². The van der Waals surface area contributed by atoms with Crippen molar-refractivity contribution in [3.8, 4) is 0 Å². The quantitative estimate of drug-likeness (QED) is 0.889. The summed E-state index contributed by atoms with van der Waals surface area (Å²) >= 11 is 0. The van der Waals surface area contributed by atoms with Crippen LogP contribution in [0.5, 0.6) is 0 Å². The fourth-order valence-electron chi connectivity index (χ4n) is 2.65. The van der Waals surface area contributed by atoms with Gasteiger partial charge in [0.1, 0.15) is 6.10 Å². The van der Waals surface area contributed by atoms with E-state index in [0.717, 1.165) is 27.9 Å². The molecule has 2 aromatic carbocycles. The number of anilines is 1. The van der Waals surface area contributed by atoms with Gasteiger partial charge < -0.3 is 15.3 Å². The lowest BCUT2D eigenvalue weighted by Gasteiger charge is -2.27. The highest BCUT2D eigenvalue weighted by molar-refractivity contribution is 5.92. The second-order valence-corrected chi connectivity index (χ2v) is 5.46. The fraction of sp³-hybridized carbons (Fsp3) is 0.235. The molecule has 0 fully saturated rings. The van der Waals surface area contributed by atoms with E-state index in [-0.39, 0.29) is 6.03 Å². The van der Waals surface area contributed by atoms with Crippen molar-refractivity contribution in [3.63, 3.8) is 0 Å². The first kappa shape index (κ1) is 13.6. The number of nitrogens with zero attached hydrogens (tertiary/aromatic N) is 1. The maximum Gasteiger partial charge on any atom is 0.321 e. The van der Waals surface area contributed by atoms with Crippen LogP contribution in [0, 0.1) is 6.92 Å². The number of aryl methyl sites for hydroxylation is 1. The number of carbonyl (C=O) groups is 1. The lowest BCUT2D eigenvalue weighted by atomic mass is 9.95. The van der Waals surface area contributed by atoms with Crippen LogP contribution < -0.4 is 5.32 Å². The predicted octanol–water partition coefficient (Wildman–Crippen LogP) is 3.05. The molecule has 0 spiro atoms. The Kier molecular flexibility index (Phi) is 3.39. The SMILES string of the molecule is Cc1ccccc1C(O)c1ccc2c(c1)CN(C)C(=O)N2. The van der Waals surface area contributed by atoms with E-state index in [2.05, 4.69) is 5.32 Å². The average molecular weight is 282 g/mol. The van der Waals surface area contributed by atoms with Gasteiger partial charge in [0.05, 0.1) is 0 Å². The Balaban J connectivity index is 1.96. The van der Waals surface area contributed by atoms with E-state index in [1.165, 1.54) is 0 Å². The van der Waals surface area contributed by atoms with Gasteiger partial charge in [-0.2, -0.15) is 0 Å². The second-order valence-electron chi connectivity index (χ2n) is 5.46. The Morgan fingerprint density at radius 2 is 2.00 bits per heavy atom. The summed E-state index contributed by atoms with van der Waals surface area (Å²) in [4.78, 5) is 13.2. The fourth-order valence-corrected chi connectivity index (χ4v) is 2.65. The van der Waals surface area contributed by atoms with Crippen molar-refractivity contribution in [3.05, 3.63) is 64.7 Å². The van der Waals surface area contributed by atoms with E-state index in [0.29, 0.717) is 6.54 Å².